The molecule has 19 atom stereocenters. The standard InChI is InChI=1S/C48H64O27/c1-5-22-24(26(42(62)64-3)17-68-44(22)74-46-39(60)36(57)33(54)28(15-49)70-46)13-31(52)67-19-30-35(56)38(59)41(48(72-30)66-12-11-20-7-9-21(51)10-8-20)73-32(53)14-25-23(6-2)45(69-18-27(25)43(63)65-4)75-47-40(61)37(58)34(55)29(16-50)71-47/h5-10,17-18,24-25,28-30,33-41,44-51,54-61H,11-16,19H2,1-4H3/b22-5+,23-6+/t24-,25-,28+,29+,30+,33+,34+,35+,36-,37-,38-,39+,40+,41+,44+,45-,46-,47-,48+/m0/s1. The van der Waals surface area contributed by atoms with Gasteiger partial charge in [-0.15, -0.1) is 0 Å². The summed E-state index contributed by atoms with van der Waals surface area (Å²) in [6.07, 6.45) is -25.2. The van der Waals surface area contributed by atoms with Crippen molar-refractivity contribution in [1.29, 1.82) is 0 Å². The Hall–Kier alpha value is -5.18. The summed E-state index contributed by atoms with van der Waals surface area (Å²) in [5.41, 5.74) is 0.466. The van der Waals surface area contributed by atoms with Gasteiger partial charge in [0.2, 0.25) is 12.6 Å². The zero-order chi connectivity index (χ0) is 54.8. The van der Waals surface area contributed by atoms with Crippen LogP contribution in [0.25, 0.3) is 0 Å². The van der Waals surface area contributed by atoms with Crippen LogP contribution in [0.5, 0.6) is 5.75 Å². The van der Waals surface area contributed by atoms with Gasteiger partial charge in [0.15, 0.2) is 25.0 Å². The molecule has 0 radical (unpaired) electrons. The first-order chi connectivity index (χ1) is 35.8. The van der Waals surface area contributed by atoms with E-state index in [2.05, 4.69) is 0 Å². The van der Waals surface area contributed by atoms with Crippen molar-refractivity contribution >= 4 is 23.9 Å². The fraction of sp³-hybridized carbons (Fsp3) is 0.625. The van der Waals surface area contributed by atoms with Gasteiger partial charge in [0.05, 0.1) is 70.6 Å². The first-order valence-electron chi connectivity index (χ1n) is 23.7. The monoisotopic (exact) mass is 1070 g/mol. The van der Waals surface area contributed by atoms with Gasteiger partial charge in [-0.05, 0) is 38.0 Å². The number of aliphatic hydroxyl groups is 10. The van der Waals surface area contributed by atoms with Gasteiger partial charge < -0.3 is 113 Å². The Morgan fingerprint density at radius 3 is 1.49 bits per heavy atom. The third kappa shape index (κ3) is 13.7. The van der Waals surface area contributed by atoms with E-state index in [9.17, 15) is 75.3 Å². The maximum Gasteiger partial charge on any atom is 0.337 e. The number of allylic oxidation sites excluding steroid dienone is 2. The maximum absolute atomic E-state index is 14.0. The molecule has 0 aromatic heterocycles. The summed E-state index contributed by atoms with van der Waals surface area (Å²) in [6.45, 7) is 0.552. The van der Waals surface area contributed by atoms with Gasteiger partial charge in [-0.3, -0.25) is 9.59 Å². The summed E-state index contributed by atoms with van der Waals surface area (Å²) in [4.78, 5) is 53.6. The lowest BCUT2D eigenvalue weighted by molar-refractivity contribution is -0.327. The Bertz CT molecular complexity index is 2230. The molecule has 0 amide bonds. The molecule has 0 unspecified atom stereocenters. The third-order valence-electron chi connectivity index (χ3n) is 13.1. The molecule has 0 spiro atoms. The highest BCUT2D eigenvalue weighted by Gasteiger charge is 2.51. The molecule has 75 heavy (non-hydrogen) atoms. The molecular formula is C48H64O27. The summed E-state index contributed by atoms with van der Waals surface area (Å²) in [5, 5.41) is 114. The molecule has 0 bridgehead atoms. The number of hydrogen-bond donors (Lipinski definition) is 11. The number of phenolic OH excluding ortho intramolecular Hbond substituents is 1. The highest BCUT2D eigenvalue weighted by molar-refractivity contribution is 5.91. The van der Waals surface area contributed by atoms with E-state index in [1.807, 2.05) is 0 Å². The molecule has 6 rings (SSSR count). The molecule has 1 aromatic rings. The van der Waals surface area contributed by atoms with Crippen LogP contribution in [0.1, 0.15) is 32.3 Å². The van der Waals surface area contributed by atoms with E-state index < -0.39 is 173 Å². The quantitative estimate of drug-likeness (QED) is 0.0360. The number of phenols is 1. The van der Waals surface area contributed by atoms with Crippen molar-refractivity contribution in [2.45, 2.75) is 138 Å². The van der Waals surface area contributed by atoms with E-state index in [1.54, 1.807) is 12.1 Å². The van der Waals surface area contributed by atoms with Gasteiger partial charge in [0.25, 0.3) is 0 Å². The Balaban J connectivity index is 1.17. The number of ether oxygens (including phenoxy) is 12. The van der Waals surface area contributed by atoms with E-state index in [0.717, 1.165) is 26.7 Å². The second-order valence-corrected chi connectivity index (χ2v) is 17.8. The zero-order valence-electron chi connectivity index (χ0n) is 41.0. The number of methoxy groups -OCH3 is 2. The van der Waals surface area contributed by atoms with Crippen LogP contribution in [0.3, 0.4) is 0 Å². The molecule has 27 nitrogen and oxygen atoms in total. The molecule has 11 N–H and O–H groups in total. The minimum Gasteiger partial charge on any atom is -0.508 e. The minimum atomic E-state index is -2.00. The average molecular weight is 1070 g/mol. The van der Waals surface area contributed by atoms with Crippen LogP contribution in [0.2, 0.25) is 0 Å². The van der Waals surface area contributed by atoms with Crippen LogP contribution in [-0.2, 0) is 82.4 Å². The van der Waals surface area contributed by atoms with Gasteiger partial charge in [-0.2, -0.15) is 0 Å². The predicted octanol–water partition coefficient (Wildman–Crippen LogP) is -3.78. The molecule has 0 aliphatic carbocycles. The van der Waals surface area contributed by atoms with Crippen molar-refractivity contribution in [3.05, 3.63) is 76.8 Å². The average Bonchev–Trinajstić information content (AvgIpc) is 3.40. The first-order valence-corrected chi connectivity index (χ1v) is 23.7. The molecule has 5 aliphatic rings. The van der Waals surface area contributed by atoms with Crippen LogP contribution < -0.4 is 0 Å². The molecule has 3 saturated heterocycles. The number of esters is 4. The Labute approximate surface area is 428 Å². The van der Waals surface area contributed by atoms with E-state index in [4.69, 9.17) is 56.8 Å². The van der Waals surface area contributed by atoms with Crippen LogP contribution in [0, 0.1) is 11.8 Å². The smallest absolute Gasteiger partial charge is 0.337 e. The molecular weight excluding hydrogens is 1010 g/mol. The largest absolute Gasteiger partial charge is 0.508 e. The van der Waals surface area contributed by atoms with Crippen LogP contribution >= 0.6 is 0 Å². The van der Waals surface area contributed by atoms with E-state index in [1.165, 1.54) is 38.1 Å². The van der Waals surface area contributed by atoms with Gasteiger partial charge >= 0.3 is 23.9 Å². The molecule has 3 fully saturated rings. The summed E-state index contributed by atoms with van der Waals surface area (Å²) in [7, 11) is 2.14. The highest BCUT2D eigenvalue weighted by Crippen LogP contribution is 2.39. The number of rotatable bonds is 19. The second-order valence-electron chi connectivity index (χ2n) is 17.8. The number of benzene rings is 1. The second kappa shape index (κ2) is 26.7. The summed E-state index contributed by atoms with van der Waals surface area (Å²) in [5.74, 6) is -6.43. The number of carbonyl (C=O) groups is 4. The maximum atomic E-state index is 14.0. The number of carbonyl (C=O) groups excluding carboxylic acids is 4. The van der Waals surface area contributed by atoms with Crippen molar-refractivity contribution in [3.63, 3.8) is 0 Å². The van der Waals surface area contributed by atoms with Crippen molar-refractivity contribution in [2.24, 2.45) is 11.8 Å². The van der Waals surface area contributed by atoms with Gasteiger partial charge in [-0.25, -0.2) is 9.59 Å². The lowest BCUT2D eigenvalue weighted by atomic mass is 9.86. The lowest BCUT2D eigenvalue weighted by Gasteiger charge is -2.42. The fourth-order valence-corrected chi connectivity index (χ4v) is 8.88. The molecule has 27 heteroatoms. The van der Waals surface area contributed by atoms with E-state index >= 15 is 0 Å². The molecule has 418 valence electrons. The summed E-state index contributed by atoms with van der Waals surface area (Å²) < 4.78 is 66.8. The van der Waals surface area contributed by atoms with E-state index in [-0.39, 0.29) is 41.1 Å². The van der Waals surface area contributed by atoms with Crippen LogP contribution in [0.4, 0.5) is 0 Å². The number of aromatic hydroxyl groups is 1. The highest BCUT2D eigenvalue weighted by atomic mass is 16.8. The fourth-order valence-electron chi connectivity index (χ4n) is 8.88. The number of hydrogen-bond acceptors (Lipinski definition) is 27. The third-order valence-corrected chi connectivity index (χ3v) is 13.1. The number of aliphatic hydroxyl groups excluding tert-OH is 10. The molecule has 1 aromatic carbocycles. The van der Waals surface area contributed by atoms with Crippen LogP contribution in [-0.4, -0.2) is 225 Å². The Morgan fingerprint density at radius 1 is 0.587 bits per heavy atom. The lowest BCUT2D eigenvalue weighted by Crippen LogP contribution is -2.61. The summed E-state index contributed by atoms with van der Waals surface area (Å²) in [6, 6.07) is 6.08. The molecule has 0 saturated carbocycles. The Morgan fingerprint density at radius 2 is 1.04 bits per heavy atom. The molecule has 5 heterocycles. The normalized spacial score (nSPS) is 37.1. The van der Waals surface area contributed by atoms with Crippen molar-refractivity contribution in [1.82, 2.24) is 0 Å². The van der Waals surface area contributed by atoms with E-state index in [0.29, 0.717) is 5.56 Å². The van der Waals surface area contributed by atoms with Crippen molar-refractivity contribution in [2.75, 3.05) is 40.6 Å². The SMILES string of the molecule is C/C=C1/[C@@H](O[C@@H]2O[C@H](CO)[C@@H](O)[C@H](O)[C@H]2O)OC=C(C(=O)OC)[C@H]1CC(=O)OC[C@H]1O[C@@H](OCCc2ccc(O)cc2)[C@H](OC(=O)C[C@@H]2C(C(=O)OC)=CO[C@@H](O[C@@H]3O[C@H](CO)[C@@H](O)[C@H](O)[C@H]3O)/C2=C/C)[C@@H](O)[C@@H]1O. The topological polar surface area (TPSA) is 402 Å². The molecule has 5 aliphatic heterocycles. The predicted molar refractivity (Wildman–Crippen MR) is 243 cm³/mol. The van der Waals surface area contributed by atoms with Gasteiger partial charge in [0.1, 0.15) is 79.5 Å². The van der Waals surface area contributed by atoms with Gasteiger partial charge in [-0.1, -0.05) is 24.3 Å². The van der Waals surface area contributed by atoms with Gasteiger partial charge in [0, 0.05) is 23.0 Å². The summed E-state index contributed by atoms with van der Waals surface area (Å²) >= 11 is 0. The van der Waals surface area contributed by atoms with Crippen molar-refractivity contribution in [3.8, 4) is 5.75 Å². The van der Waals surface area contributed by atoms with Crippen LogP contribution in [0.15, 0.2) is 71.2 Å². The Kier molecular flexibility index (Phi) is 21.1. The zero-order valence-corrected chi connectivity index (χ0v) is 41.0. The minimum absolute atomic E-state index is 0.00290. The first kappa shape index (κ1) is 59.1. The van der Waals surface area contributed by atoms with Crippen molar-refractivity contribution < 1.29 is 132 Å².